The largest absolute Gasteiger partial charge is 0.466 e. The second kappa shape index (κ2) is 59.6. The molecule has 1 rings (SSSR count). The van der Waals surface area contributed by atoms with Crippen molar-refractivity contribution in [1.29, 1.82) is 0 Å². The van der Waals surface area contributed by atoms with Gasteiger partial charge in [-0.05, 0) is 83.5 Å². The van der Waals surface area contributed by atoms with Crippen LogP contribution < -0.4 is 5.32 Å². The van der Waals surface area contributed by atoms with Gasteiger partial charge in [0.15, 0.2) is 6.29 Å². The number of carbonyl (C=O) groups is 2. The lowest BCUT2D eigenvalue weighted by molar-refractivity contribution is -0.302. The fraction of sp³-hybridized carbons (Fsp3) is 0.886. The number of carbonyl (C=O) groups excluding carboxylic acids is 2. The van der Waals surface area contributed by atoms with E-state index >= 15 is 0 Å². The number of amides is 1. The number of esters is 1. The number of nitrogens with one attached hydrogen (secondary N) is 1. The van der Waals surface area contributed by atoms with E-state index in [1.54, 1.807) is 6.08 Å². The molecule has 7 atom stereocenters. The minimum Gasteiger partial charge on any atom is -0.466 e. The van der Waals surface area contributed by atoms with Gasteiger partial charge in [0.1, 0.15) is 24.4 Å². The average molecular weight is 1150 g/mol. The molecule has 7 unspecified atom stereocenters. The Bertz CT molecular complexity index is 1440. The van der Waals surface area contributed by atoms with E-state index < -0.39 is 49.5 Å². The molecule has 0 saturated carbocycles. The van der Waals surface area contributed by atoms with Crippen LogP contribution in [0.15, 0.2) is 36.5 Å². The lowest BCUT2D eigenvalue weighted by Crippen LogP contribution is -2.60. The van der Waals surface area contributed by atoms with E-state index in [1.165, 1.54) is 250 Å². The van der Waals surface area contributed by atoms with E-state index in [9.17, 15) is 35.1 Å². The van der Waals surface area contributed by atoms with Gasteiger partial charge in [-0.15, -0.1) is 0 Å². The van der Waals surface area contributed by atoms with Gasteiger partial charge in [-0.3, -0.25) is 9.59 Å². The highest BCUT2D eigenvalue weighted by molar-refractivity contribution is 5.76. The summed E-state index contributed by atoms with van der Waals surface area (Å²) in [5.74, 6) is -0.180. The first-order valence-corrected chi connectivity index (χ1v) is 34.8. The molecule has 6 N–H and O–H groups in total. The van der Waals surface area contributed by atoms with Crippen LogP contribution in [0.2, 0.25) is 0 Å². The first-order valence-electron chi connectivity index (χ1n) is 34.8. The topological polar surface area (TPSA) is 175 Å². The van der Waals surface area contributed by atoms with Crippen LogP contribution in [0.3, 0.4) is 0 Å². The van der Waals surface area contributed by atoms with Gasteiger partial charge < -0.3 is 45.1 Å². The summed E-state index contributed by atoms with van der Waals surface area (Å²) in [7, 11) is 0. The number of ether oxygens (including phenoxy) is 3. The molecule has 0 aromatic heterocycles. The molecule has 1 fully saturated rings. The van der Waals surface area contributed by atoms with E-state index in [0.29, 0.717) is 19.4 Å². The van der Waals surface area contributed by atoms with Gasteiger partial charge in [0, 0.05) is 12.8 Å². The van der Waals surface area contributed by atoms with E-state index in [-0.39, 0.29) is 18.5 Å². The van der Waals surface area contributed by atoms with E-state index in [1.807, 2.05) is 6.08 Å². The number of aliphatic hydroxyl groups is 5. The van der Waals surface area contributed by atoms with E-state index in [0.717, 1.165) is 57.8 Å². The number of allylic oxidation sites excluding steroid dienone is 5. The molecule has 1 heterocycles. The third kappa shape index (κ3) is 48.8. The lowest BCUT2D eigenvalue weighted by Gasteiger charge is -2.40. The Morgan fingerprint density at radius 2 is 0.790 bits per heavy atom. The highest BCUT2D eigenvalue weighted by Gasteiger charge is 2.44. The Balaban J connectivity index is 1.91. The van der Waals surface area contributed by atoms with Crippen molar-refractivity contribution in [1.82, 2.24) is 5.32 Å². The molecular formula is C70H131NO10. The van der Waals surface area contributed by atoms with Gasteiger partial charge in [-0.2, -0.15) is 0 Å². The van der Waals surface area contributed by atoms with Gasteiger partial charge in [0.05, 0.1) is 32.0 Å². The quantitative estimate of drug-likeness (QED) is 0.0195. The molecule has 1 saturated heterocycles. The second-order valence-electron chi connectivity index (χ2n) is 24.2. The predicted molar refractivity (Wildman–Crippen MR) is 338 cm³/mol. The van der Waals surface area contributed by atoms with Crippen molar-refractivity contribution in [3.63, 3.8) is 0 Å². The Kier molecular flexibility index (Phi) is 56.6. The molecule has 81 heavy (non-hydrogen) atoms. The van der Waals surface area contributed by atoms with Crippen molar-refractivity contribution in [2.45, 2.75) is 378 Å². The minimum atomic E-state index is -1.57. The van der Waals surface area contributed by atoms with Gasteiger partial charge in [-0.1, -0.05) is 275 Å². The molecule has 1 aliphatic rings. The molecule has 0 radical (unpaired) electrons. The molecule has 476 valence electrons. The van der Waals surface area contributed by atoms with E-state index in [4.69, 9.17) is 14.2 Å². The third-order valence-corrected chi connectivity index (χ3v) is 16.5. The Hall–Kier alpha value is -2.12. The Morgan fingerprint density at radius 1 is 0.444 bits per heavy atom. The fourth-order valence-corrected chi connectivity index (χ4v) is 11.0. The van der Waals surface area contributed by atoms with E-state index in [2.05, 4.69) is 43.5 Å². The van der Waals surface area contributed by atoms with Gasteiger partial charge >= 0.3 is 5.97 Å². The number of hydrogen-bond acceptors (Lipinski definition) is 10. The maximum atomic E-state index is 13.0. The molecule has 0 aromatic carbocycles. The zero-order valence-corrected chi connectivity index (χ0v) is 52.8. The Labute approximate surface area is 498 Å². The van der Waals surface area contributed by atoms with Crippen molar-refractivity contribution >= 4 is 11.9 Å². The molecule has 11 heteroatoms. The van der Waals surface area contributed by atoms with Crippen LogP contribution in [0, 0.1) is 0 Å². The SMILES string of the molecule is CCCCC/C=C\CCCCCCCC(=O)OCCCCCCCCCCCCCC/C=C\CCCCCCCCCCCCCCCCCCC(=O)NC(COC1OC(CO)C(O)C(O)C1O)C(O)/C=C/CCCCCCCCC. The Morgan fingerprint density at radius 3 is 1.21 bits per heavy atom. The summed E-state index contributed by atoms with van der Waals surface area (Å²) < 4.78 is 16.7. The first kappa shape index (κ1) is 76.9. The minimum absolute atomic E-state index is 0.000521. The molecule has 0 aliphatic carbocycles. The second-order valence-corrected chi connectivity index (χ2v) is 24.2. The smallest absolute Gasteiger partial charge is 0.305 e. The monoisotopic (exact) mass is 1150 g/mol. The number of unbranched alkanes of at least 4 members (excludes halogenated alkanes) is 43. The normalized spacial score (nSPS) is 18.4. The molecule has 11 nitrogen and oxygen atoms in total. The molecule has 0 spiro atoms. The molecule has 1 aliphatic heterocycles. The van der Waals surface area contributed by atoms with Gasteiger partial charge in [-0.25, -0.2) is 0 Å². The summed E-state index contributed by atoms with van der Waals surface area (Å²) in [5, 5.41) is 54.3. The summed E-state index contributed by atoms with van der Waals surface area (Å²) >= 11 is 0. The zero-order valence-electron chi connectivity index (χ0n) is 52.8. The third-order valence-electron chi connectivity index (χ3n) is 16.5. The molecule has 1 amide bonds. The lowest BCUT2D eigenvalue weighted by atomic mass is 9.99. The highest BCUT2D eigenvalue weighted by atomic mass is 16.7. The van der Waals surface area contributed by atoms with Crippen molar-refractivity contribution < 1.29 is 49.3 Å². The summed E-state index contributed by atoms with van der Waals surface area (Å²) in [5.41, 5.74) is 0. The maximum Gasteiger partial charge on any atom is 0.305 e. The summed E-state index contributed by atoms with van der Waals surface area (Å²) in [6.07, 6.45) is 65.8. The predicted octanol–water partition coefficient (Wildman–Crippen LogP) is 17.4. The number of hydrogen-bond donors (Lipinski definition) is 6. The molecular weight excluding hydrogens is 1010 g/mol. The first-order chi connectivity index (χ1) is 39.7. The van der Waals surface area contributed by atoms with Gasteiger partial charge in [0.2, 0.25) is 5.91 Å². The van der Waals surface area contributed by atoms with Crippen LogP contribution in [-0.2, 0) is 23.8 Å². The average Bonchev–Trinajstić information content (AvgIpc) is 3.47. The van der Waals surface area contributed by atoms with Gasteiger partial charge in [0.25, 0.3) is 0 Å². The van der Waals surface area contributed by atoms with Crippen LogP contribution in [0.5, 0.6) is 0 Å². The maximum absolute atomic E-state index is 13.0. The zero-order chi connectivity index (χ0) is 58.7. The summed E-state index contributed by atoms with van der Waals surface area (Å²) in [6.45, 7) is 4.32. The molecule has 0 bridgehead atoms. The summed E-state index contributed by atoms with van der Waals surface area (Å²) in [6, 6.07) is -0.806. The number of rotatable bonds is 61. The van der Waals surface area contributed by atoms with Crippen LogP contribution in [0.4, 0.5) is 0 Å². The van der Waals surface area contributed by atoms with Crippen LogP contribution in [0.25, 0.3) is 0 Å². The van der Waals surface area contributed by atoms with Crippen molar-refractivity contribution in [2.75, 3.05) is 19.8 Å². The van der Waals surface area contributed by atoms with Crippen molar-refractivity contribution in [3.8, 4) is 0 Å². The number of aliphatic hydroxyl groups excluding tert-OH is 5. The summed E-state index contributed by atoms with van der Waals surface area (Å²) in [4.78, 5) is 25.0. The standard InChI is InChI=1S/C70H131NO10/c1-3-5-7-9-11-13-14-38-42-46-50-54-58-66(75)79-59-55-51-47-43-39-36-34-32-30-28-26-24-22-20-18-16-15-17-19-21-23-25-27-29-31-33-35-37-41-45-49-53-57-65(74)71-62(63(73)56-52-48-44-40-12-10-8-6-4-2)61-80-70-69(78)68(77)67(76)64(60-72)81-70/h11,13,18,20,52,56,62-64,67-70,72-73,76-78H,3-10,12,14-17,19,21-51,53-55,57-61H2,1-2H3,(H,71,74)/b13-11-,20-18-,56-52+. The van der Waals surface area contributed by atoms with Crippen molar-refractivity contribution in [3.05, 3.63) is 36.5 Å². The van der Waals surface area contributed by atoms with Crippen LogP contribution in [-0.4, -0.2) is 100 Å². The van der Waals surface area contributed by atoms with Crippen LogP contribution >= 0.6 is 0 Å². The van der Waals surface area contributed by atoms with Crippen molar-refractivity contribution in [2.24, 2.45) is 0 Å². The van der Waals surface area contributed by atoms with Crippen LogP contribution in [0.1, 0.15) is 335 Å². The molecule has 0 aromatic rings. The highest BCUT2D eigenvalue weighted by Crippen LogP contribution is 2.23. The fourth-order valence-electron chi connectivity index (χ4n) is 11.0.